The Hall–Kier alpha value is -1.52. The first kappa shape index (κ1) is 16.8. The van der Waals surface area contributed by atoms with Gasteiger partial charge in [0.25, 0.3) is 0 Å². The van der Waals surface area contributed by atoms with Crippen molar-refractivity contribution < 1.29 is 31.8 Å². The van der Waals surface area contributed by atoms with Crippen molar-refractivity contribution in [1.82, 2.24) is 0 Å². The van der Waals surface area contributed by atoms with E-state index in [-0.39, 0.29) is 24.8 Å². The molecular formula is C17H22O4Ti. The monoisotopic (exact) mass is 338 g/mol. The van der Waals surface area contributed by atoms with Crippen molar-refractivity contribution in [3.8, 4) is 0 Å². The molecule has 22 heavy (non-hydrogen) atoms. The molecule has 0 aliphatic heterocycles. The zero-order valence-corrected chi connectivity index (χ0v) is 14.7. The van der Waals surface area contributed by atoms with Crippen LogP contribution in [0.5, 0.6) is 0 Å². The molecular weight excluding hydrogens is 316 g/mol. The third-order valence-corrected chi connectivity index (χ3v) is 11.4. The molecule has 0 fully saturated rings. The second-order valence-corrected chi connectivity index (χ2v) is 12.1. The summed E-state index contributed by atoms with van der Waals surface area (Å²) < 4.78 is 13.5. The third kappa shape index (κ3) is 2.86. The van der Waals surface area contributed by atoms with E-state index in [1.54, 1.807) is 13.8 Å². The van der Waals surface area contributed by atoms with Gasteiger partial charge in [-0.25, -0.2) is 0 Å². The Balaban J connectivity index is 2.59. The molecule has 0 bridgehead atoms. The summed E-state index contributed by atoms with van der Waals surface area (Å²) in [6, 6.07) is 0. The van der Waals surface area contributed by atoms with Crippen LogP contribution in [0.15, 0.2) is 44.2 Å². The zero-order chi connectivity index (χ0) is 16.2. The maximum absolute atomic E-state index is 12.1. The summed E-state index contributed by atoms with van der Waals surface area (Å²) in [6.45, 7) is 3.45. The topological polar surface area (TPSA) is 52.6 Å². The molecule has 2 aliphatic rings. The first-order valence-corrected chi connectivity index (χ1v) is 11.6. The predicted molar refractivity (Wildman–Crippen MR) is 83.6 cm³/mol. The van der Waals surface area contributed by atoms with E-state index in [1.165, 1.54) is 0 Å². The van der Waals surface area contributed by atoms with Crippen LogP contribution < -0.4 is 0 Å². The molecule has 0 N–H and O–H groups in total. The van der Waals surface area contributed by atoms with Gasteiger partial charge in [-0.05, 0) is 0 Å². The van der Waals surface area contributed by atoms with Crippen LogP contribution in [0.1, 0.15) is 39.5 Å². The summed E-state index contributed by atoms with van der Waals surface area (Å²) in [5.41, 5.74) is 0. The molecule has 0 aromatic heterocycles. The van der Waals surface area contributed by atoms with E-state index >= 15 is 0 Å². The van der Waals surface area contributed by atoms with Crippen molar-refractivity contribution in [3.05, 3.63) is 44.2 Å². The van der Waals surface area contributed by atoms with Gasteiger partial charge in [0.05, 0.1) is 0 Å². The number of hydrogen-bond acceptors (Lipinski definition) is 4. The maximum atomic E-state index is 12.1. The van der Waals surface area contributed by atoms with Crippen LogP contribution in [-0.4, -0.2) is 16.8 Å². The third-order valence-electron chi connectivity index (χ3n) is 4.08. The van der Waals surface area contributed by atoms with Gasteiger partial charge in [0.15, 0.2) is 0 Å². The van der Waals surface area contributed by atoms with E-state index in [9.17, 15) is 9.59 Å². The van der Waals surface area contributed by atoms with Gasteiger partial charge < -0.3 is 0 Å². The van der Waals surface area contributed by atoms with E-state index in [0.29, 0.717) is 12.8 Å². The molecule has 5 heteroatoms. The molecule has 0 saturated carbocycles. The molecule has 0 spiro atoms. The van der Waals surface area contributed by atoms with Crippen LogP contribution in [-0.2, 0) is 31.8 Å². The molecule has 118 valence electrons. The summed E-state index contributed by atoms with van der Waals surface area (Å²) in [5.74, 6) is -0.756. The molecule has 4 nitrogen and oxygen atoms in total. The number of carbonyl (C=O) groups is 2. The van der Waals surface area contributed by atoms with E-state index in [2.05, 4.69) is 4.82 Å². The van der Waals surface area contributed by atoms with Crippen LogP contribution in [0.4, 0.5) is 0 Å². The SMILES string of the molecule is [CH2]=[Ti]([O]C(=O)CC)([O]C(=O)CC)([C]1=CC=CC1)[C]1=CC=CC1. The Labute approximate surface area is 132 Å². The Kier molecular flexibility index (Phi) is 4.83. The summed E-state index contributed by atoms with van der Waals surface area (Å²) in [7, 11) is 0. The Morgan fingerprint density at radius 2 is 1.41 bits per heavy atom. The van der Waals surface area contributed by atoms with E-state index in [4.69, 9.17) is 6.64 Å². The van der Waals surface area contributed by atoms with Crippen molar-refractivity contribution in [3.63, 3.8) is 0 Å². The summed E-state index contributed by atoms with van der Waals surface area (Å²) in [6.07, 6.45) is 13.1. The van der Waals surface area contributed by atoms with Gasteiger partial charge in [-0.3, -0.25) is 0 Å². The quantitative estimate of drug-likeness (QED) is 0.695. The van der Waals surface area contributed by atoms with Gasteiger partial charge in [-0.15, -0.1) is 0 Å². The number of hydrogen-bond donors (Lipinski definition) is 0. The summed E-state index contributed by atoms with van der Waals surface area (Å²) in [5, 5.41) is 0. The average molecular weight is 338 g/mol. The molecule has 0 amide bonds. The summed E-state index contributed by atoms with van der Waals surface area (Å²) in [4.78, 5) is 28.6. The Morgan fingerprint density at radius 1 is 1.00 bits per heavy atom. The Morgan fingerprint density at radius 3 is 1.68 bits per heavy atom. The number of rotatable bonds is 6. The van der Waals surface area contributed by atoms with Crippen molar-refractivity contribution in [1.29, 1.82) is 0 Å². The average Bonchev–Trinajstić information content (AvgIpc) is 3.20. The van der Waals surface area contributed by atoms with E-state index < -0.39 is 15.6 Å². The van der Waals surface area contributed by atoms with Gasteiger partial charge in [0.2, 0.25) is 0 Å². The minimum atomic E-state index is -4.81. The van der Waals surface area contributed by atoms with Crippen molar-refractivity contribution in [2.24, 2.45) is 0 Å². The number of allylic oxidation sites excluding steroid dienone is 8. The fourth-order valence-electron chi connectivity index (χ4n) is 2.76. The molecule has 0 atom stereocenters. The minimum absolute atomic E-state index is 0.222. The predicted octanol–water partition coefficient (Wildman–Crippen LogP) is 3.53. The van der Waals surface area contributed by atoms with Crippen LogP contribution in [0.3, 0.4) is 0 Å². The fraction of sp³-hybridized carbons (Fsp3) is 0.353. The summed E-state index contributed by atoms with van der Waals surface area (Å²) >= 11 is -4.81. The zero-order valence-electron chi connectivity index (χ0n) is 13.1. The molecule has 0 aromatic rings. The molecule has 0 unspecified atom stereocenters. The van der Waals surface area contributed by atoms with Gasteiger partial charge >= 0.3 is 132 Å². The van der Waals surface area contributed by atoms with Crippen molar-refractivity contribution in [2.45, 2.75) is 39.5 Å². The normalized spacial score (nSPS) is 17.2. The van der Waals surface area contributed by atoms with E-state index in [1.807, 2.05) is 36.5 Å². The molecule has 0 radical (unpaired) electrons. The van der Waals surface area contributed by atoms with Crippen LogP contribution in [0.2, 0.25) is 0 Å². The van der Waals surface area contributed by atoms with Crippen LogP contribution >= 0.6 is 0 Å². The standard InChI is InChI=1S/2C5H5.2C3H6O2.CH2.Ti/c2*1-2-4-5-3-1;2*1-2-3(4)5;;/h2*1-3H,4H2;2*2H2,1H3,(H,4,5);1H2;/q;;;;;+2/p-2. The molecule has 2 aliphatic carbocycles. The molecule has 0 heterocycles. The first-order valence-electron chi connectivity index (χ1n) is 7.63. The fourth-order valence-corrected chi connectivity index (χ4v) is 9.25. The first-order chi connectivity index (χ1) is 10.4. The van der Waals surface area contributed by atoms with Gasteiger partial charge in [-0.1, -0.05) is 0 Å². The number of carbonyl (C=O) groups excluding carboxylic acids is 2. The Bertz CT molecular complexity index is 619. The van der Waals surface area contributed by atoms with Crippen molar-refractivity contribution in [2.75, 3.05) is 0 Å². The molecule has 2 rings (SSSR count). The van der Waals surface area contributed by atoms with Gasteiger partial charge in [0.1, 0.15) is 0 Å². The van der Waals surface area contributed by atoms with Crippen LogP contribution in [0, 0.1) is 0 Å². The second-order valence-electron chi connectivity index (χ2n) is 5.56. The van der Waals surface area contributed by atoms with Gasteiger partial charge in [0, 0.05) is 0 Å². The van der Waals surface area contributed by atoms with Gasteiger partial charge in [-0.2, -0.15) is 0 Å². The molecule has 0 saturated heterocycles. The second kappa shape index (κ2) is 6.31. The van der Waals surface area contributed by atoms with Crippen molar-refractivity contribution >= 4 is 16.8 Å². The van der Waals surface area contributed by atoms with Crippen LogP contribution in [0.25, 0.3) is 0 Å². The van der Waals surface area contributed by atoms with E-state index in [0.717, 1.165) is 7.76 Å². The molecule has 0 aromatic carbocycles.